The van der Waals surface area contributed by atoms with Crippen molar-refractivity contribution in [3.8, 4) is 0 Å². The monoisotopic (exact) mass is 346 g/mol. The Labute approximate surface area is 128 Å². The first-order chi connectivity index (χ1) is 9.21. The molecule has 0 aromatic carbocycles. The number of hydrogen-bond donors (Lipinski definition) is 1. The molecule has 1 rings (SSSR count). The van der Waals surface area contributed by atoms with Gasteiger partial charge in [0.2, 0.25) is 5.95 Å². The van der Waals surface area contributed by atoms with E-state index in [0.717, 1.165) is 53.8 Å². The molecule has 0 atom stereocenters. The van der Waals surface area contributed by atoms with Crippen molar-refractivity contribution < 1.29 is 0 Å². The van der Waals surface area contributed by atoms with Crippen molar-refractivity contribution >= 4 is 33.6 Å². The maximum absolute atomic E-state index is 4.53. The van der Waals surface area contributed by atoms with Crippen molar-refractivity contribution in [3.05, 3.63) is 10.7 Å². The summed E-state index contributed by atoms with van der Waals surface area (Å²) in [5.41, 5.74) is 0. The molecule has 0 aliphatic rings. The van der Waals surface area contributed by atoms with Gasteiger partial charge in [-0.15, -0.1) is 11.8 Å². The van der Waals surface area contributed by atoms with E-state index in [0.29, 0.717) is 0 Å². The van der Waals surface area contributed by atoms with Crippen molar-refractivity contribution in [1.82, 2.24) is 14.9 Å². The summed E-state index contributed by atoms with van der Waals surface area (Å²) in [4.78, 5) is 11.2. The number of halogens is 1. The van der Waals surface area contributed by atoms with Gasteiger partial charge in [-0.3, -0.25) is 0 Å². The molecule has 1 N–H and O–H groups in total. The Bertz CT molecular complexity index is 372. The summed E-state index contributed by atoms with van der Waals surface area (Å²) < 4.78 is 0.971. The maximum Gasteiger partial charge on any atom is 0.223 e. The summed E-state index contributed by atoms with van der Waals surface area (Å²) in [6, 6.07) is 0. The lowest BCUT2D eigenvalue weighted by Gasteiger charge is -2.17. The van der Waals surface area contributed by atoms with Crippen LogP contribution in [0.1, 0.15) is 27.2 Å². The molecule has 1 aromatic heterocycles. The highest BCUT2D eigenvalue weighted by Gasteiger charge is 2.06. The van der Waals surface area contributed by atoms with Crippen LogP contribution < -0.4 is 5.32 Å². The Hall–Kier alpha value is -0.330. The van der Waals surface area contributed by atoms with Crippen molar-refractivity contribution in [2.24, 2.45) is 0 Å². The highest BCUT2D eigenvalue weighted by atomic mass is 79.9. The highest BCUT2D eigenvalue weighted by Crippen LogP contribution is 2.25. The van der Waals surface area contributed by atoms with Gasteiger partial charge in [-0.05, 0) is 35.4 Å². The topological polar surface area (TPSA) is 41.1 Å². The lowest BCUT2D eigenvalue weighted by molar-refractivity contribution is 0.324. The van der Waals surface area contributed by atoms with Crippen LogP contribution in [0.2, 0.25) is 0 Å². The molecule has 0 amide bonds. The fraction of sp³-hybridized carbons (Fsp3) is 0.692. The number of nitrogens with one attached hydrogen (secondary N) is 1. The van der Waals surface area contributed by atoms with Gasteiger partial charge in [-0.2, -0.15) is 0 Å². The number of nitrogens with zero attached hydrogens (tertiary/aromatic N) is 3. The first-order valence-corrected chi connectivity index (χ1v) is 8.60. The second kappa shape index (κ2) is 9.55. The quantitative estimate of drug-likeness (QED) is 0.547. The summed E-state index contributed by atoms with van der Waals surface area (Å²) in [5.74, 6) is 1.76. The average molecular weight is 347 g/mol. The first kappa shape index (κ1) is 16.7. The second-order valence-electron chi connectivity index (χ2n) is 4.15. The Kier molecular flexibility index (Phi) is 8.41. The molecule has 1 heterocycles. The van der Waals surface area contributed by atoms with Crippen LogP contribution in [0.25, 0.3) is 0 Å². The zero-order chi connectivity index (χ0) is 14.1. The molecule has 0 aliphatic carbocycles. The van der Waals surface area contributed by atoms with Gasteiger partial charge in [0.1, 0.15) is 5.03 Å². The summed E-state index contributed by atoms with van der Waals surface area (Å²) in [7, 11) is 0. The zero-order valence-corrected chi connectivity index (χ0v) is 14.4. The van der Waals surface area contributed by atoms with E-state index in [1.54, 1.807) is 11.8 Å². The summed E-state index contributed by atoms with van der Waals surface area (Å²) in [6.07, 6.45) is 2.90. The Morgan fingerprint density at radius 3 is 2.68 bits per heavy atom. The van der Waals surface area contributed by atoms with E-state index in [-0.39, 0.29) is 0 Å². The number of rotatable bonds is 9. The molecule has 1 aromatic rings. The minimum atomic E-state index is 0.718. The molecule has 0 unspecified atom stereocenters. The molecule has 4 nitrogen and oxygen atoms in total. The predicted octanol–water partition coefficient (Wildman–Crippen LogP) is 3.49. The van der Waals surface area contributed by atoms with Crippen LogP contribution in [0.5, 0.6) is 0 Å². The van der Waals surface area contributed by atoms with Gasteiger partial charge in [0.15, 0.2) is 0 Å². The fourth-order valence-electron chi connectivity index (χ4n) is 1.59. The average Bonchev–Trinajstić information content (AvgIpc) is 2.44. The van der Waals surface area contributed by atoms with Crippen LogP contribution >= 0.6 is 27.7 Å². The van der Waals surface area contributed by atoms with E-state index >= 15 is 0 Å². The summed E-state index contributed by atoms with van der Waals surface area (Å²) in [6.45, 7) is 10.7. The molecular formula is C13H23BrN4S. The molecule has 0 radical (unpaired) electrons. The Balaban J connectivity index is 2.51. The van der Waals surface area contributed by atoms with Crippen molar-refractivity contribution in [1.29, 1.82) is 0 Å². The van der Waals surface area contributed by atoms with Gasteiger partial charge in [-0.25, -0.2) is 9.97 Å². The smallest absolute Gasteiger partial charge is 0.223 e. The van der Waals surface area contributed by atoms with Gasteiger partial charge < -0.3 is 10.2 Å². The van der Waals surface area contributed by atoms with E-state index < -0.39 is 0 Å². The summed E-state index contributed by atoms with van der Waals surface area (Å²) in [5, 5.41) is 4.23. The van der Waals surface area contributed by atoms with Gasteiger partial charge in [0.05, 0.1) is 4.47 Å². The molecule has 108 valence electrons. The van der Waals surface area contributed by atoms with Crippen LogP contribution in [-0.2, 0) is 0 Å². The van der Waals surface area contributed by atoms with Gasteiger partial charge in [0.25, 0.3) is 0 Å². The third kappa shape index (κ3) is 6.10. The molecule has 0 saturated heterocycles. The van der Waals surface area contributed by atoms with Crippen LogP contribution in [-0.4, -0.2) is 46.8 Å². The number of anilines is 1. The second-order valence-corrected chi connectivity index (χ2v) is 6.09. The van der Waals surface area contributed by atoms with Crippen LogP contribution in [0, 0.1) is 0 Å². The standard InChI is InChI=1S/C13H23BrN4S/c1-4-7-15-13-16-10-11(14)12(17-13)19-9-8-18(5-2)6-3/h10H,4-9H2,1-3H3,(H,15,16,17). The van der Waals surface area contributed by atoms with Crippen LogP contribution in [0.15, 0.2) is 15.7 Å². The third-order valence-corrected chi connectivity index (χ3v) is 4.60. The summed E-state index contributed by atoms with van der Waals surface area (Å²) >= 11 is 5.29. The van der Waals surface area contributed by atoms with E-state index in [4.69, 9.17) is 0 Å². The van der Waals surface area contributed by atoms with Gasteiger partial charge in [0, 0.05) is 25.0 Å². The molecule has 6 heteroatoms. The molecular weight excluding hydrogens is 324 g/mol. The van der Waals surface area contributed by atoms with Crippen LogP contribution in [0.3, 0.4) is 0 Å². The normalized spacial score (nSPS) is 11.0. The van der Waals surface area contributed by atoms with E-state index in [1.165, 1.54) is 0 Å². The minimum Gasteiger partial charge on any atom is -0.354 e. The largest absolute Gasteiger partial charge is 0.354 e. The molecule has 0 bridgehead atoms. The lowest BCUT2D eigenvalue weighted by atomic mass is 10.5. The lowest BCUT2D eigenvalue weighted by Crippen LogP contribution is -2.25. The maximum atomic E-state index is 4.53. The fourth-order valence-corrected chi connectivity index (χ4v) is 3.00. The first-order valence-electron chi connectivity index (χ1n) is 6.82. The Morgan fingerprint density at radius 1 is 1.32 bits per heavy atom. The van der Waals surface area contributed by atoms with Crippen LogP contribution in [0.4, 0.5) is 5.95 Å². The SMILES string of the molecule is CCCNc1ncc(Br)c(SCCN(CC)CC)n1. The van der Waals surface area contributed by atoms with Gasteiger partial charge in [-0.1, -0.05) is 20.8 Å². The number of thioether (sulfide) groups is 1. The van der Waals surface area contributed by atoms with E-state index in [1.807, 2.05) is 6.20 Å². The number of hydrogen-bond acceptors (Lipinski definition) is 5. The molecule has 19 heavy (non-hydrogen) atoms. The van der Waals surface area contributed by atoms with Crippen molar-refractivity contribution in [2.75, 3.05) is 37.2 Å². The van der Waals surface area contributed by atoms with Crippen molar-refractivity contribution in [3.63, 3.8) is 0 Å². The Morgan fingerprint density at radius 2 is 2.05 bits per heavy atom. The molecule has 0 spiro atoms. The highest BCUT2D eigenvalue weighted by molar-refractivity contribution is 9.10. The molecule has 0 saturated carbocycles. The predicted molar refractivity (Wildman–Crippen MR) is 87.0 cm³/mol. The number of aromatic nitrogens is 2. The van der Waals surface area contributed by atoms with Gasteiger partial charge >= 0.3 is 0 Å². The van der Waals surface area contributed by atoms with E-state index in [2.05, 4.69) is 56.9 Å². The zero-order valence-electron chi connectivity index (χ0n) is 11.9. The molecule has 0 fully saturated rings. The minimum absolute atomic E-state index is 0.718. The van der Waals surface area contributed by atoms with Crippen molar-refractivity contribution in [2.45, 2.75) is 32.2 Å². The molecule has 0 aliphatic heterocycles. The third-order valence-electron chi connectivity index (χ3n) is 2.79. The van der Waals surface area contributed by atoms with E-state index in [9.17, 15) is 0 Å².